The molecule has 0 aromatic heterocycles. The van der Waals surface area contributed by atoms with Crippen LogP contribution in [0.5, 0.6) is 0 Å². The Bertz CT molecular complexity index is 1230. The number of likely N-dealkylation sites (tertiary alicyclic amines) is 2. The highest BCUT2D eigenvalue weighted by Gasteiger charge is 2.41. The highest BCUT2D eigenvalue weighted by atomic mass is 19.4. The number of nitrogens with one attached hydrogen (secondary N) is 2. The molecule has 5 rings (SSSR count). The van der Waals surface area contributed by atoms with Crippen LogP contribution < -0.4 is 15.5 Å². The van der Waals surface area contributed by atoms with Gasteiger partial charge in [-0.3, -0.25) is 14.4 Å². The molecule has 2 N–H and O–H groups in total. The second kappa shape index (κ2) is 12.4. The summed E-state index contributed by atoms with van der Waals surface area (Å²) in [7, 11) is 0. The third-order valence-electron chi connectivity index (χ3n) is 8.30. The maximum atomic E-state index is 12.9. The van der Waals surface area contributed by atoms with Crippen LogP contribution in [0.4, 0.5) is 30.2 Å². The Hall–Kier alpha value is -3.76. The minimum Gasteiger partial charge on any atom is -0.372 e. The zero-order valence-electron chi connectivity index (χ0n) is 23.0. The summed E-state index contributed by atoms with van der Waals surface area (Å²) in [5.74, 6) is -1.67. The number of rotatable bonds is 9. The van der Waals surface area contributed by atoms with Crippen molar-refractivity contribution in [3.8, 4) is 0 Å². The van der Waals surface area contributed by atoms with Gasteiger partial charge in [0.1, 0.15) is 0 Å². The zero-order chi connectivity index (χ0) is 29.0. The largest absolute Gasteiger partial charge is 0.391 e. The van der Waals surface area contributed by atoms with Crippen molar-refractivity contribution in [1.29, 1.82) is 0 Å². The number of carbonyl (C=O) groups excluding carboxylic acids is 3. The van der Waals surface area contributed by atoms with Crippen molar-refractivity contribution in [2.75, 3.05) is 49.5 Å². The van der Waals surface area contributed by atoms with E-state index in [4.69, 9.17) is 0 Å². The van der Waals surface area contributed by atoms with Gasteiger partial charge in [0, 0.05) is 75.7 Å². The second-order valence-corrected chi connectivity index (χ2v) is 11.1. The summed E-state index contributed by atoms with van der Waals surface area (Å²) < 4.78 is 38.8. The molecule has 0 saturated carbocycles. The van der Waals surface area contributed by atoms with E-state index in [0.29, 0.717) is 45.7 Å². The normalized spacial score (nSPS) is 20.2. The number of nitrogens with zero attached hydrogens (tertiary/aromatic N) is 3. The Balaban J connectivity index is 1.04. The van der Waals surface area contributed by atoms with Crippen LogP contribution in [0.2, 0.25) is 0 Å². The van der Waals surface area contributed by atoms with Gasteiger partial charge in [-0.25, -0.2) is 0 Å². The Morgan fingerprint density at radius 3 is 2.10 bits per heavy atom. The van der Waals surface area contributed by atoms with Crippen molar-refractivity contribution in [2.24, 2.45) is 11.8 Å². The second-order valence-electron chi connectivity index (χ2n) is 11.1. The van der Waals surface area contributed by atoms with E-state index in [1.165, 1.54) is 0 Å². The maximum Gasteiger partial charge on any atom is 0.391 e. The molecule has 0 radical (unpaired) electrons. The van der Waals surface area contributed by atoms with E-state index in [2.05, 4.69) is 10.6 Å². The summed E-state index contributed by atoms with van der Waals surface area (Å²) in [4.78, 5) is 42.3. The molecule has 2 aromatic rings. The van der Waals surface area contributed by atoms with Gasteiger partial charge in [0.05, 0.1) is 11.8 Å². The van der Waals surface area contributed by atoms with Crippen LogP contribution in [0, 0.1) is 11.8 Å². The highest BCUT2D eigenvalue weighted by molar-refractivity contribution is 5.89. The lowest BCUT2D eigenvalue weighted by Gasteiger charge is -2.34. The number of hydrogen-bond donors (Lipinski definition) is 2. The zero-order valence-corrected chi connectivity index (χ0v) is 23.0. The van der Waals surface area contributed by atoms with Gasteiger partial charge in [-0.15, -0.1) is 0 Å². The van der Waals surface area contributed by atoms with Crippen LogP contribution in [0.1, 0.15) is 37.7 Å². The molecule has 1 atom stereocenters. The van der Waals surface area contributed by atoms with Gasteiger partial charge in [0.15, 0.2) is 0 Å². The van der Waals surface area contributed by atoms with Crippen molar-refractivity contribution in [3.05, 3.63) is 54.1 Å². The lowest BCUT2D eigenvalue weighted by atomic mass is 9.96. The first-order chi connectivity index (χ1) is 19.7. The fourth-order valence-electron chi connectivity index (χ4n) is 5.77. The van der Waals surface area contributed by atoms with E-state index in [1.807, 2.05) is 53.4 Å². The van der Waals surface area contributed by atoms with Gasteiger partial charge in [-0.2, -0.15) is 13.2 Å². The molecule has 2 aromatic carbocycles. The molecule has 41 heavy (non-hydrogen) atoms. The van der Waals surface area contributed by atoms with E-state index < -0.39 is 18.0 Å². The van der Waals surface area contributed by atoms with Gasteiger partial charge in [-0.05, 0) is 61.2 Å². The van der Waals surface area contributed by atoms with E-state index in [9.17, 15) is 27.6 Å². The van der Waals surface area contributed by atoms with Gasteiger partial charge in [0.25, 0.3) is 0 Å². The van der Waals surface area contributed by atoms with Gasteiger partial charge < -0.3 is 25.3 Å². The van der Waals surface area contributed by atoms with Crippen molar-refractivity contribution in [2.45, 2.75) is 44.8 Å². The van der Waals surface area contributed by atoms with Crippen molar-refractivity contribution in [3.63, 3.8) is 0 Å². The molecule has 0 bridgehead atoms. The van der Waals surface area contributed by atoms with E-state index >= 15 is 0 Å². The molecule has 0 spiro atoms. The minimum absolute atomic E-state index is 0.0497. The van der Waals surface area contributed by atoms with Gasteiger partial charge in [-0.1, -0.05) is 12.1 Å². The number of halogens is 3. The number of benzene rings is 2. The summed E-state index contributed by atoms with van der Waals surface area (Å²) in [6.07, 6.45) is -2.25. The monoisotopic (exact) mass is 571 g/mol. The molecule has 3 aliphatic rings. The van der Waals surface area contributed by atoms with Crippen LogP contribution in [0.3, 0.4) is 0 Å². The summed E-state index contributed by atoms with van der Waals surface area (Å²) in [6.45, 7) is 3.24. The smallest absolute Gasteiger partial charge is 0.372 e. The van der Waals surface area contributed by atoms with Crippen molar-refractivity contribution >= 4 is 34.8 Å². The molecule has 3 aliphatic heterocycles. The molecule has 0 aliphatic carbocycles. The molecule has 3 saturated heterocycles. The molecule has 11 heteroatoms. The molecule has 8 nitrogen and oxygen atoms in total. The highest BCUT2D eigenvalue weighted by Crippen LogP contribution is 2.35. The van der Waals surface area contributed by atoms with Crippen LogP contribution in [0.25, 0.3) is 0 Å². The summed E-state index contributed by atoms with van der Waals surface area (Å²) in [6, 6.07) is 15.3. The number of piperidine rings is 1. The van der Waals surface area contributed by atoms with Crippen molar-refractivity contribution in [1.82, 2.24) is 15.1 Å². The first kappa shape index (κ1) is 28.8. The Morgan fingerprint density at radius 2 is 1.49 bits per heavy atom. The average Bonchev–Trinajstić information content (AvgIpc) is 3.55. The fourth-order valence-corrected chi connectivity index (χ4v) is 5.77. The van der Waals surface area contributed by atoms with E-state index in [0.717, 1.165) is 35.6 Å². The Kier molecular flexibility index (Phi) is 8.70. The first-order valence-electron chi connectivity index (χ1n) is 14.3. The Morgan fingerprint density at radius 1 is 0.854 bits per heavy atom. The standard InChI is InChI=1S/C30H36F3N5O3/c31-30(32,33)23-11-14-36(15-12-23)26-9-7-25(8-10-26)35-24-5-3-21(4-6-24)19-34-29(41)22-18-28(40)38(20-22)17-16-37-13-1-2-27(37)39/h3-10,22-23,35H,1-2,11-20H2,(H,34,41). The summed E-state index contributed by atoms with van der Waals surface area (Å²) in [5.41, 5.74) is 3.57. The molecule has 220 valence electrons. The molecule has 3 fully saturated rings. The van der Waals surface area contributed by atoms with Crippen LogP contribution in [-0.4, -0.2) is 73.0 Å². The summed E-state index contributed by atoms with van der Waals surface area (Å²) in [5, 5.41) is 6.25. The van der Waals surface area contributed by atoms with E-state index in [1.54, 1.807) is 9.80 Å². The lowest BCUT2D eigenvalue weighted by molar-refractivity contribution is -0.179. The Labute approximate surface area is 237 Å². The predicted octanol–water partition coefficient (Wildman–Crippen LogP) is 4.30. The maximum absolute atomic E-state index is 12.9. The topological polar surface area (TPSA) is 85.0 Å². The average molecular weight is 572 g/mol. The predicted molar refractivity (Wildman–Crippen MR) is 150 cm³/mol. The van der Waals surface area contributed by atoms with Gasteiger partial charge in [0.2, 0.25) is 17.7 Å². The summed E-state index contributed by atoms with van der Waals surface area (Å²) >= 11 is 0. The number of anilines is 3. The van der Waals surface area contributed by atoms with Gasteiger partial charge >= 0.3 is 6.18 Å². The number of carbonyl (C=O) groups is 3. The molecule has 1 unspecified atom stereocenters. The number of hydrogen-bond acceptors (Lipinski definition) is 5. The fraction of sp³-hybridized carbons (Fsp3) is 0.500. The molecule has 3 amide bonds. The molecular weight excluding hydrogens is 535 g/mol. The van der Waals surface area contributed by atoms with E-state index in [-0.39, 0.29) is 37.0 Å². The third kappa shape index (κ3) is 7.31. The number of amides is 3. The minimum atomic E-state index is -4.11. The third-order valence-corrected chi connectivity index (χ3v) is 8.30. The van der Waals surface area contributed by atoms with Crippen molar-refractivity contribution < 1.29 is 27.6 Å². The number of alkyl halides is 3. The molecular formula is C30H36F3N5O3. The quantitative estimate of drug-likeness (QED) is 0.469. The van der Waals surface area contributed by atoms with Crippen LogP contribution >= 0.6 is 0 Å². The SMILES string of the molecule is O=C(NCc1ccc(Nc2ccc(N3CCC(C(F)(F)F)CC3)cc2)cc1)C1CC(=O)N(CCN2CCCC2=O)C1. The molecule has 3 heterocycles. The lowest BCUT2D eigenvalue weighted by Crippen LogP contribution is -2.38. The van der Waals surface area contributed by atoms with Crippen LogP contribution in [-0.2, 0) is 20.9 Å². The first-order valence-corrected chi connectivity index (χ1v) is 14.3. The van der Waals surface area contributed by atoms with Crippen LogP contribution in [0.15, 0.2) is 48.5 Å².